The molecule has 0 aliphatic heterocycles. The van der Waals surface area contributed by atoms with Crippen molar-refractivity contribution in [2.24, 2.45) is 0 Å². The molecule has 1 heterocycles. The van der Waals surface area contributed by atoms with Crippen molar-refractivity contribution < 1.29 is 14.3 Å². The van der Waals surface area contributed by atoms with E-state index in [2.05, 4.69) is 20.6 Å². The number of nitrogens with zero attached hydrogens (tertiary/aromatic N) is 2. The molecule has 1 amide bonds. The number of carbonyl (C=O) groups excluding carboxylic acids is 1. The molecule has 0 fully saturated rings. The molecule has 0 aliphatic carbocycles. The van der Waals surface area contributed by atoms with Crippen molar-refractivity contribution in [3.8, 4) is 11.5 Å². The molecule has 8 heteroatoms. The van der Waals surface area contributed by atoms with E-state index in [1.165, 1.54) is 19.5 Å². The number of benzene rings is 2. The number of aromatic nitrogens is 2. The highest BCUT2D eigenvalue weighted by atomic mass is 35.5. The molecule has 0 saturated carbocycles. The SMILES string of the molecule is COc1ccc(NC(=O)c2cnc(Nc3cc(Cl)ccc3C)nc2)c(OC)c1. The number of carbonyl (C=O) groups is 1. The predicted octanol–water partition coefficient (Wildman–Crippen LogP) is 4.45. The summed E-state index contributed by atoms with van der Waals surface area (Å²) in [7, 11) is 3.08. The lowest BCUT2D eigenvalue weighted by Gasteiger charge is -2.12. The van der Waals surface area contributed by atoms with Gasteiger partial charge in [-0.3, -0.25) is 4.79 Å². The smallest absolute Gasteiger partial charge is 0.258 e. The van der Waals surface area contributed by atoms with Gasteiger partial charge in [0, 0.05) is 29.2 Å². The number of aryl methyl sites for hydroxylation is 1. The van der Waals surface area contributed by atoms with Crippen molar-refractivity contribution in [2.75, 3.05) is 24.9 Å². The Bertz CT molecular complexity index is 993. The molecule has 0 spiro atoms. The van der Waals surface area contributed by atoms with E-state index in [0.717, 1.165) is 11.3 Å². The van der Waals surface area contributed by atoms with E-state index in [-0.39, 0.29) is 5.91 Å². The van der Waals surface area contributed by atoms with Gasteiger partial charge in [-0.25, -0.2) is 9.97 Å². The first-order chi connectivity index (χ1) is 13.5. The van der Waals surface area contributed by atoms with Gasteiger partial charge < -0.3 is 20.1 Å². The number of hydrogen-bond donors (Lipinski definition) is 2. The van der Waals surface area contributed by atoms with Crippen LogP contribution in [-0.4, -0.2) is 30.1 Å². The highest BCUT2D eigenvalue weighted by Crippen LogP contribution is 2.29. The Labute approximate surface area is 167 Å². The van der Waals surface area contributed by atoms with Crippen LogP contribution in [0.3, 0.4) is 0 Å². The Morgan fingerprint density at radius 2 is 1.75 bits per heavy atom. The van der Waals surface area contributed by atoms with Crippen molar-refractivity contribution in [3.63, 3.8) is 0 Å². The number of halogens is 1. The minimum absolute atomic E-state index is 0.311. The minimum Gasteiger partial charge on any atom is -0.497 e. The molecule has 2 aromatic carbocycles. The average Bonchev–Trinajstić information content (AvgIpc) is 2.71. The van der Waals surface area contributed by atoms with Crippen molar-refractivity contribution in [2.45, 2.75) is 6.92 Å². The summed E-state index contributed by atoms with van der Waals surface area (Å²) in [5.41, 5.74) is 2.63. The van der Waals surface area contributed by atoms with E-state index in [0.29, 0.717) is 33.7 Å². The topological polar surface area (TPSA) is 85.4 Å². The standard InChI is InChI=1S/C20H19ClN4O3/c1-12-4-5-14(21)8-17(12)25-20-22-10-13(11-23-20)19(26)24-16-7-6-15(27-2)9-18(16)28-3/h4-11H,1-3H3,(H,24,26)(H,22,23,25). The largest absolute Gasteiger partial charge is 0.497 e. The lowest BCUT2D eigenvalue weighted by molar-refractivity contribution is 0.102. The Morgan fingerprint density at radius 1 is 1.00 bits per heavy atom. The zero-order valence-electron chi connectivity index (χ0n) is 15.6. The zero-order valence-corrected chi connectivity index (χ0v) is 16.4. The van der Waals surface area contributed by atoms with E-state index in [1.807, 2.05) is 19.1 Å². The van der Waals surface area contributed by atoms with Gasteiger partial charge in [0.1, 0.15) is 11.5 Å². The fourth-order valence-corrected chi connectivity index (χ4v) is 2.63. The van der Waals surface area contributed by atoms with Crippen LogP contribution in [0.1, 0.15) is 15.9 Å². The van der Waals surface area contributed by atoms with Crippen LogP contribution in [0, 0.1) is 6.92 Å². The molecule has 2 N–H and O–H groups in total. The lowest BCUT2D eigenvalue weighted by atomic mass is 10.2. The first kappa shape index (κ1) is 19.4. The number of anilines is 3. The molecule has 3 aromatic rings. The van der Waals surface area contributed by atoms with E-state index in [4.69, 9.17) is 21.1 Å². The van der Waals surface area contributed by atoms with Gasteiger partial charge in [-0.15, -0.1) is 0 Å². The van der Waals surface area contributed by atoms with Gasteiger partial charge in [0.05, 0.1) is 25.5 Å². The quantitative estimate of drug-likeness (QED) is 0.638. The van der Waals surface area contributed by atoms with Gasteiger partial charge in [0.25, 0.3) is 5.91 Å². The minimum atomic E-state index is -0.353. The third-order valence-electron chi connectivity index (χ3n) is 4.02. The number of rotatable bonds is 6. The summed E-state index contributed by atoms with van der Waals surface area (Å²) in [6.07, 6.45) is 2.89. The van der Waals surface area contributed by atoms with Crippen LogP contribution in [0.25, 0.3) is 0 Å². The van der Waals surface area contributed by atoms with Crippen LogP contribution < -0.4 is 20.1 Å². The van der Waals surface area contributed by atoms with Crippen LogP contribution in [0.5, 0.6) is 11.5 Å². The van der Waals surface area contributed by atoms with Crippen LogP contribution in [0.2, 0.25) is 5.02 Å². The maximum atomic E-state index is 12.5. The summed E-state index contributed by atoms with van der Waals surface area (Å²) >= 11 is 6.02. The maximum absolute atomic E-state index is 12.5. The summed E-state index contributed by atoms with van der Waals surface area (Å²) in [6.45, 7) is 1.95. The fraction of sp³-hybridized carbons (Fsp3) is 0.150. The highest BCUT2D eigenvalue weighted by Gasteiger charge is 2.12. The van der Waals surface area contributed by atoms with Gasteiger partial charge in [-0.05, 0) is 36.8 Å². The van der Waals surface area contributed by atoms with Gasteiger partial charge in [-0.1, -0.05) is 17.7 Å². The monoisotopic (exact) mass is 398 g/mol. The van der Waals surface area contributed by atoms with Crippen LogP contribution in [-0.2, 0) is 0 Å². The maximum Gasteiger partial charge on any atom is 0.258 e. The first-order valence-corrected chi connectivity index (χ1v) is 8.76. The molecule has 0 aliphatic rings. The Kier molecular flexibility index (Phi) is 5.96. The van der Waals surface area contributed by atoms with Gasteiger partial charge >= 0.3 is 0 Å². The first-order valence-electron chi connectivity index (χ1n) is 8.38. The Morgan fingerprint density at radius 3 is 2.43 bits per heavy atom. The van der Waals surface area contributed by atoms with Crippen molar-refractivity contribution >= 4 is 34.8 Å². The molecule has 0 radical (unpaired) electrons. The van der Waals surface area contributed by atoms with Gasteiger partial charge in [0.15, 0.2) is 0 Å². The molecule has 0 saturated heterocycles. The normalized spacial score (nSPS) is 10.3. The summed E-state index contributed by atoms with van der Waals surface area (Å²) in [5, 5.41) is 6.47. The zero-order chi connectivity index (χ0) is 20.1. The molecule has 3 rings (SSSR count). The molecule has 144 valence electrons. The summed E-state index contributed by atoms with van der Waals surface area (Å²) in [6, 6.07) is 10.6. The number of hydrogen-bond acceptors (Lipinski definition) is 6. The molecule has 1 aromatic heterocycles. The second-order valence-corrected chi connectivity index (χ2v) is 6.34. The van der Waals surface area contributed by atoms with Gasteiger partial charge in [-0.2, -0.15) is 0 Å². The van der Waals surface area contributed by atoms with E-state index in [1.54, 1.807) is 31.4 Å². The van der Waals surface area contributed by atoms with Crippen LogP contribution >= 0.6 is 11.6 Å². The average molecular weight is 399 g/mol. The predicted molar refractivity (Wildman–Crippen MR) is 109 cm³/mol. The number of ether oxygens (including phenoxy) is 2. The molecule has 28 heavy (non-hydrogen) atoms. The second-order valence-electron chi connectivity index (χ2n) is 5.90. The molecule has 7 nitrogen and oxygen atoms in total. The third-order valence-corrected chi connectivity index (χ3v) is 4.25. The fourth-order valence-electron chi connectivity index (χ4n) is 2.46. The van der Waals surface area contributed by atoms with E-state index < -0.39 is 0 Å². The highest BCUT2D eigenvalue weighted by molar-refractivity contribution is 6.30. The summed E-state index contributed by atoms with van der Waals surface area (Å²) in [4.78, 5) is 20.9. The van der Waals surface area contributed by atoms with Crippen molar-refractivity contribution in [1.82, 2.24) is 9.97 Å². The molecule has 0 bridgehead atoms. The summed E-state index contributed by atoms with van der Waals surface area (Å²) in [5.74, 6) is 1.13. The second kappa shape index (κ2) is 8.58. The molecular weight excluding hydrogens is 380 g/mol. The van der Waals surface area contributed by atoms with Crippen LogP contribution in [0.15, 0.2) is 48.8 Å². The van der Waals surface area contributed by atoms with Gasteiger partial charge in [0.2, 0.25) is 5.95 Å². The summed E-state index contributed by atoms with van der Waals surface area (Å²) < 4.78 is 10.4. The van der Waals surface area contributed by atoms with Crippen LogP contribution in [0.4, 0.5) is 17.3 Å². The number of nitrogens with one attached hydrogen (secondary N) is 2. The lowest BCUT2D eigenvalue weighted by Crippen LogP contribution is -2.14. The molecule has 0 atom stereocenters. The molecular formula is C20H19ClN4O3. The number of amides is 1. The molecule has 0 unspecified atom stereocenters. The Hall–Kier alpha value is -3.32. The third kappa shape index (κ3) is 4.50. The Balaban J connectivity index is 1.73. The number of methoxy groups -OCH3 is 2. The van der Waals surface area contributed by atoms with E-state index in [9.17, 15) is 4.79 Å². The van der Waals surface area contributed by atoms with E-state index >= 15 is 0 Å². The van der Waals surface area contributed by atoms with Crippen molar-refractivity contribution in [3.05, 3.63) is 64.9 Å². The van der Waals surface area contributed by atoms with Crippen molar-refractivity contribution in [1.29, 1.82) is 0 Å².